The highest BCUT2D eigenvalue weighted by atomic mass is 28.1. The highest BCUT2D eigenvalue weighted by Crippen LogP contribution is 2.37. The largest absolute Gasteiger partial charge is 0.320 e. The molecule has 0 saturated heterocycles. The third-order valence-corrected chi connectivity index (χ3v) is 5.86. The zero-order valence-electron chi connectivity index (χ0n) is 17.4. The molecule has 4 aromatic carbocycles. The highest BCUT2D eigenvalue weighted by Gasteiger charge is 2.27. The molecule has 0 fully saturated rings. The molecule has 4 aromatic rings. The Balaban J connectivity index is 1.89. The number of rotatable bonds is 8. The molecule has 3 heteroatoms. The van der Waals surface area contributed by atoms with E-state index < -0.39 is 0 Å². The van der Waals surface area contributed by atoms with E-state index >= 15 is 0 Å². The van der Waals surface area contributed by atoms with E-state index in [2.05, 4.69) is 131 Å². The van der Waals surface area contributed by atoms with Crippen molar-refractivity contribution in [3.05, 3.63) is 121 Å². The molecule has 0 radical (unpaired) electrons. The maximum absolute atomic E-state index is 2.48. The van der Waals surface area contributed by atoms with Gasteiger partial charge >= 0.3 is 0 Å². The Labute approximate surface area is 182 Å². The van der Waals surface area contributed by atoms with E-state index in [-0.39, 0.29) is 6.17 Å². The minimum absolute atomic E-state index is 0.164. The average Bonchev–Trinajstić information content (AvgIpc) is 2.82. The smallest absolute Gasteiger partial charge is 0.111 e. The van der Waals surface area contributed by atoms with E-state index in [4.69, 9.17) is 0 Å². The van der Waals surface area contributed by atoms with Crippen molar-refractivity contribution in [2.24, 2.45) is 0 Å². The number of nitrogens with zero attached hydrogens (tertiary/aromatic N) is 2. The zero-order chi connectivity index (χ0) is 20.6. The van der Waals surface area contributed by atoms with Gasteiger partial charge in [0, 0.05) is 33.0 Å². The molecule has 0 aliphatic heterocycles. The van der Waals surface area contributed by atoms with E-state index in [1.165, 1.54) is 39.0 Å². The second kappa shape index (κ2) is 9.95. The standard InChI is InChI=1S/C27H28N2Si/c30-22-21-27(28(23-13-5-1-6-14-23)24-15-7-2-8-16-24)29(25-17-9-3-10-18-25)26-19-11-4-12-20-26/h1-20,27H,21-22H2,30H3. The summed E-state index contributed by atoms with van der Waals surface area (Å²) in [6, 6.07) is 44.2. The van der Waals surface area contributed by atoms with Crippen LogP contribution in [0.1, 0.15) is 6.42 Å². The first-order valence-electron chi connectivity index (χ1n) is 10.7. The quantitative estimate of drug-likeness (QED) is 0.254. The van der Waals surface area contributed by atoms with Crippen LogP contribution in [0, 0.1) is 0 Å². The molecule has 150 valence electrons. The summed E-state index contributed by atoms with van der Waals surface area (Å²) in [4.78, 5) is 4.97. The van der Waals surface area contributed by atoms with Crippen LogP contribution in [0.4, 0.5) is 22.7 Å². The number of hydrogen-bond donors (Lipinski definition) is 0. The van der Waals surface area contributed by atoms with Gasteiger partial charge in [-0.1, -0.05) is 78.8 Å². The Morgan fingerprint density at radius 2 is 0.733 bits per heavy atom. The molecule has 0 spiro atoms. The molecule has 0 unspecified atom stereocenters. The summed E-state index contributed by atoms with van der Waals surface area (Å²) in [7, 11) is 1.17. The van der Waals surface area contributed by atoms with Crippen LogP contribution in [0.15, 0.2) is 121 Å². The van der Waals surface area contributed by atoms with Gasteiger partial charge in [0.05, 0.1) is 0 Å². The second-order valence-electron chi connectivity index (χ2n) is 7.35. The first kappa shape index (κ1) is 20.0. The third-order valence-electron chi connectivity index (χ3n) is 5.28. The van der Waals surface area contributed by atoms with Crippen molar-refractivity contribution in [3.8, 4) is 0 Å². The van der Waals surface area contributed by atoms with Gasteiger partial charge < -0.3 is 9.80 Å². The lowest BCUT2D eigenvalue weighted by molar-refractivity contribution is 0.637. The van der Waals surface area contributed by atoms with Gasteiger partial charge in [-0.2, -0.15) is 0 Å². The molecule has 0 atom stereocenters. The summed E-state index contributed by atoms with van der Waals surface area (Å²) in [6.07, 6.45) is 1.25. The Morgan fingerprint density at radius 3 is 0.967 bits per heavy atom. The Kier molecular flexibility index (Phi) is 6.63. The molecule has 0 heterocycles. The normalized spacial score (nSPS) is 10.8. The van der Waals surface area contributed by atoms with Crippen molar-refractivity contribution < 1.29 is 0 Å². The first-order valence-corrected chi connectivity index (χ1v) is 12.1. The van der Waals surface area contributed by atoms with Gasteiger partial charge in [0.15, 0.2) is 0 Å². The molecular weight excluding hydrogens is 380 g/mol. The third kappa shape index (κ3) is 4.47. The van der Waals surface area contributed by atoms with E-state index in [1.807, 2.05) is 0 Å². The first-order chi connectivity index (χ1) is 14.9. The molecule has 0 aromatic heterocycles. The van der Waals surface area contributed by atoms with Gasteiger partial charge in [0.2, 0.25) is 0 Å². The molecule has 0 saturated carbocycles. The topological polar surface area (TPSA) is 6.48 Å². The lowest BCUT2D eigenvalue weighted by Gasteiger charge is -2.42. The minimum Gasteiger partial charge on any atom is -0.320 e. The maximum atomic E-state index is 2.48. The van der Waals surface area contributed by atoms with Gasteiger partial charge in [-0.05, 0) is 55.0 Å². The van der Waals surface area contributed by atoms with Gasteiger partial charge in [0.1, 0.15) is 6.17 Å². The average molecular weight is 409 g/mol. The summed E-state index contributed by atoms with van der Waals surface area (Å²) in [5, 5.41) is 0. The van der Waals surface area contributed by atoms with Crippen molar-refractivity contribution in [2.75, 3.05) is 9.80 Å². The lowest BCUT2D eigenvalue weighted by Crippen LogP contribution is -2.44. The summed E-state index contributed by atoms with van der Waals surface area (Å²) in [5.74, 6) is 0. The number of para-hydroxylation sites is 4. The molecular formula is C27H28N2Si. The molecule has 30 heavy (non-hydrogen) atoms. The van der Waals surface area contributed by atoms with Crippen LogP contribution in [0.3, 0.4) is 0 Å². The molecule has 0 bridgehead atoms. The number of hydrogen-bond acceptors (Lipinski definition) is 2. The van der Waals surface area contributed by atoms with E-state index in [0.717, 1.165) is 6.42 Å². The monoisotopic (exact) mass is 408 g/mol. The van der Waals surface area contributed by atoms with E-state index in [9.17, 15) is 0 Å². The molecule has 2 nitrogen and oxygen atoms in total. The number of benzene rings is 4. The fourth-order valence-electron chi connectivity index (χ4n) is 3.97. The molecule has 4 rings (SSSR count). The Bertz CT molecular complexity index is 846. The van der Waals surface area contributed by atoms with Crippen LogP contribution in [0.5, 0.6) is 0 Å². The summed E-state index contributed by atoms with van der Waals surface area (Å²) in [6.45, 7) is 0. The van der Waals surface area contributed by atoms with Crippen molar-refractivity contribution >= 4 is 33.0 Å². The lowest BCUT2D eigenvalue weighted by atomic mass is 10.1. The van der Waals surface area contributed by atoms with Gasteiger partial charge in [-0.25, -0.2) is 0 Å². The maximum Gasteiger partial charge on any atom is 0.111 e. The minimum atomic E-state index is 0.164. The fraction of sp³-hybridized carbons (Fsp3) is 0.111. The van der Waals surface area contributed by atoms with Gasteiger partial charge in [0.25, 0.3) is 0 Å². The van der Waals surface area contributed by atoms with Crippen LogP contribution < -0.4 is 9.80 Å². The predicted molar refractivity (Wildman–Crippen MR) is 133 cm³/mol. The van der Waals surface area contributed by atoms with Crippen LogP contribution in [0.2, 0.25) is 6.04 Å². The number of anilines is 4. The molecule has 0 N–H and O–H groups in total. The van der Waals surface area contributed by atoms with Gasteiger partial charge in [-0.3, -0.25) is 0 Å². The SMILES string of the molecule is [SiH3]CCC(N(c1ccccc1)c1ccccc1)N(c1ccccc1)c1ccccc1. The molecule has 0 amide bonds. The van der Waals surface area contributed by atoms with Crippen LogP contribution in [-0.2, 0) is 0 Å². The van der Waals surface area contributed by atoms with Crippen molar-refractivity contribution in [2.45, 2.75) is 18.6 Å². The molecule has 0 aliphatic rings. The van der Waals surface area contributed by atoms with E-state index in [0.29, 0.717) is 0 Å². The molecule has 0 aliphatic carbocycles. The van der Waals surface area contributed by atoms with Crippen LogP contribution >= 0.6 is 0 Å². The summed E-state index contributed by atoms with van der Waals surface area (Å²) < 4.78 is 0. The zero-order valence-corrected chi connectivity index (χ0v) is 19.4. The van der Waals surface area contributed by atoms with E-state index in [1.54, 1.807) is 0 Å². The fourth-order valence-corrected chi connectivity index (χ4v) is 4.49. The predicted octanol–water partition coefficient (Wildman–Crippen LogP) is 6.16. The van der Waals surface area contributed by atoms with Crippen molar-refractivity contribution in [1.82, 2.24) is 0 Å². The van der Waals surface area contributed by atoms with Crippen LogP contribution in [0.25, 0.3) is 0 Å². The van der Waals surface area contributed by atoms with Crippen molar-refractivity contribution in [1.29, 1.82) is 0 Å². The summed E-state index contributed by atoms with van der Waals surface area (Å²) in [5.41, 5.74) is 4.84. The highest BCUT2D eigenvalue weighted by molar-refractivity contribution is 6.08. The Morgan fingerprint density at radius 1 is 0.467 bits per heavy atom. The Hall–Kier alpha value is -3.30. The summed E-state index contributed by atoms with van der Waals surface area (Å²) >= 11 is 0. The van der Waals surface area contributed by atoms with Gasteiger partial charge in [-0.15, -0.1) is 0 Å². The second-order valence-corrected chi connectivity index (χ2v) is 8.35. The van der Waals surface area contributed by atoms with Crippen LogP contribution in [-0.4, -0.2) is 16.4 Å². The van der Waals surface area contributed by atoms with Crippen molar-refractivity contribution in [3.63, 3.8) is 0 Å².